The van der Waals surface area contributed by atoms with Crippen LogP contribution in [0, 0.1) is 11.8 Å². The molecule has 128 valence electrons. The summed E-state index contributed by atoms with van der Waals surface area (Å²) in [4.78, 5) is 7.44. The lowest BCUT2D eigenvalue weighted by Crippen LogP contribution is -2.41. The number of hydrogen-bond donors (Lipinski definition) is 1. The zero-order chi connectivity index (χ0) is 15.6. The number of nitrogens with zero attached hydrogens (tertiary/aromatic N) is 2. The minimum Gasteiger partial charge on any atom is -0.374 e. The number of guanidine groups is 1. The van der Waals surface area contributed by atoms with Crippen LogP contribution in [0.25, 0.3) is 0 Å². The van der Waals surface area contributed by atoms with Crippen LogP contribution in [-0.2, 0) is 4.74 Å². The highest BCUT2D eigenvalue weighted by Gasteiger charge is 2.53. The number of allylic oxidation sites excluding steroid dienone is 1. The monoisotopic (exact) mass is 317 g/mol. The normalized spacial score (nSPS) is 36.3. The Morgan fingerprint density at radius 3 is 2.70 bits per heavy atom. The van der Waals surface area contributed by atoms with Gasteiger partial charge in [0.15, 0.2) is 5.96 Å². The summed E-state index contributed by atoms with van der Waals surface area (Å²) in [5, 5.41) is 3.52. The molecule has 2 bridgehead atoms. The zero-order valence-electron chi connectivity index (χ0n) is 14.5. The van der Waals surface area contributed by atoms with Gasteiger partial charge in [-0.15, -0.1) is 0 Å². The first-order valence-corrected chi connectivity index (χ1v) is 9.71. The molecule has 4 rings (SSSR count). The van der Waals surface area contributed by atoms with Gasteiger partial charge in [0, 0.05) is 38.0 Å². The van der Waals surface area contributed by atoms with Crippen LogP contribution in [0.15, 0.2) is 16.6 Å². The molecule has 4 nitrogen and oxygen atoms in total. The Kier molecular flexibility index (Phi) is 4.61. The van der Waals surface area contributed by atoms with E-state index in [2.05, 4.69) is 23.2 Å². The fraction of sp³-hybridized carbons (Fsp3) is 0.842. The second-order valence-corrected chi connectivity index (χ2v) is 7.62. The van der Waals surface area contributed by atoms with Gasteiger partial charge in [-0.2, -0.15) is 0 Å². The molecule has 0 aromatic heterocycles. The van der Waals surface area contributed by atoms with E-state index in [1.807, 2.05) is 0 Å². The van der Waals surface area contributed by atoms with Gasteiger partial charge >= 0.3 is 0 Å². The van der Waals surface area contributed by atoms with E-state index < -0.39 is 0 Å². The summed E-state index contributed by atoms with van der Waals surface area (Å²) >= 11 is 0. The van der Waals surface area contributed by atoms with E-state index in [9.17, 15) is 0 Å². The summed E-state index contributed by atoms with van der Waals surface area (Å²) in [6.07, 6.45) is 12.5. The lowest BCUT2D eigenvalue weighted by atomic mass is 9.82. The Hall–Kier alpha value is -1.03. The number of fused-ring (bicyclic) bond motifs is 5. The molecular formula is C19H31N3O. The molecular weight excluding hydrogens is 286 g/mol. The summed E-state index contributed by atoms with van der Waals surface area (Å²) in [6, 6.07) is 0. The lowest BCUT2D eigenvalue weighted by molar-refractivity contribution is 0.0767. The summed E-state index contributed by atoms with van der Waals surface area (Å²) in [7, 11) is 0. The number of hydrogen-bond acceptors (Lipinski definition) is 2. The largest absolute Gasteiger partial charge is 0.374 e. The van der Waals surface area contributed by atoms with Crippen molar-refractivity contribution in [2.75, 3.05) is 26.2 Å². The Balaban J connectivity index is 1.36. The lowest BCUT2D eigenvalue weighted by Gasteiger charge is -2.23. The smallest absolute Gasteiger partial charge is 0.193 e. The standard InChI is InChI=1S/C19H31N3O/c1-2-20-19(21-11-10-14-6-4-3-5-7-14)22-12-15-16(13-22)18-9-8-17(15)23-18/h6,15-18H,2-5,7-13H2,1H3,(H,20,21). The van der Waals surface area contributed by atoms with Gasteiger partial charge in [-0.25, -0.2) is 0 Å². The highest BCUT2D eigenvalue weighted by Crippen LogP contribution is 2.47. The Labute approximate surface area is 140 Å². The quantitative estimate of drug-likeness (QED) is 0.492. The van der Waals surface area contributed by atoms with Gasteiger partial charge in [0.05, 0.1) is 12.2 Å². The van der Waals surface area contributed by atoms with Crippen molar-refractivity contribution < 1.29 is 4.74 Å². The molecule has 1 N–H and O–H groups in total. The summed E-state index contributed by atoms with van der Waals surface area (Å²) in [5.74, 6) is 2.63. The molecule has 0 aromatic rings. The first kappa shape index (κ1) is 15.5. The van der Waals surface area contributed by atoms with Gasteiger partial charge in [0.1, 0.15) is 0 Å². The Morgan fingerprint density at radius 2 is 2.04 bits per heavy atom. The first-order chi connectivity index (χ1) is 11.3. The van der Waals surface area contributed by atoms with E-state index in [4.69, 9.17) is 9.73 Å². The second-order valence-electron chi connectivity index (χ2n) is 7.62. The van der Waals surface area contributed by atoms with E-state index in [1.165, 1.54) is 38.5 Å². The summed E-state index contributed by atoms with van der Waals surface area (Å²) < 4.78 is 6.09. The van der Waals surface area contributed by atoms with Gasteiger partial charge in [-0.05, 0) is 51.9 Å². The second kappa shape index (κ2) is 6.84. The number of nitrogens with one attached hydrogen (secondary N) is 1. The van der Waals surface area contributed by atoms with Gasteiger partial charge in [-0.1, -0.05) is 11.6 Å². The summed E-state index contributed by atoms with van der Waals surface area (Å²) in [6.45, 7) is 6.34. The Bertz CT molecular complexity index is 469. The third-order valence-electron chi connectivity index (χ3n) is 6.17. The van der Waals surface area contributed by atoms with Crippen molar-refractivity contribution in [1.29, 1.82) is 0 Å². The highest BCUT2D eigenvalue weighted by atomic mass is 16.5. The maximum Gasteiger partial charge on any atom is 0.193 e. The third-order valence-corrected chi connectivity index (χ3v) is 6.17. The van der Waals surface area contributed by atoms with Crippen LogP contribution in [0.4, 0.5) is 0 Å². The number of rotatable bonds is 4. The van der Waals surface area contributed by atoms with Crippen LogP contribution in [0.5, 0.6) is 0 Å². The van der Waals surface area contributed by atoms with E-state index in [0.29, 0.717) is 12.2 Å². The molecule has 3 aliphatic heterocycles. The maximum absolute atomic E-state index is 6.09. The molecule has 3 heterocycles. The molecule has 4 aliphatic rings. The molecule has 3 fully saturated rings. The predicted octanol–water partition coefficient (Wildman–Crippen LogP) is 2.95. The fourth-order valence-electron chi connectivity index (χ4n) is 5.00. The van der Waals surface area contributed by atoms with E-state index in [-0.39, 0.29) is 0 Å². The number of aliphatic imine (C=N–C) groups is 1. The van der Waals surface area contributed by atoms with Gasteiger partial charge in [0.25, 0.3) is 0 Å². The van der Waals surface area contributed by atoms with E-state index >= 15 is 0 Å². The predicted molar refractivity (Wildman–Crippen MR) is 93.6 cm³/mol. The molecule has 0 amide bonds. The van der Waals surface area contributed by atoms with Crippen molar-refractivity contribution in [2.45, 2.75) is 64.1 Å². The molecule has 23 heavy (non-hydrogen) atoms. The molecule has 4 heteroatoms. The third kappa shape index (κ3) is 3.15. The summed E-state index contributed by atoms with van der Waals surface area (Å²) in [5.41, 5.74) is 1.63. The van der Waals surface area contributed by atoms with E-state index in [1.54, 1.807) is 5.57 Å². The van der Waals surface area contributed by atoms with Crippen molar-refractivity contribution in [3.63, 3.8) is 0 Å². The molecule has 0 radical (unpaired) electrons. The van der Waals surface area contributed by atoms with Crippen LogP contribution in [-0.4, -0.2) is 49.2 Å². The molecule has 0 spiro atoms. The molecule has 0 aromatic carbocycles. The van der Waals surface area contributed by atoms with Crippen molar-refractivity contribution in [1.82, 2.24) is 10.2 Å². The van der Waals surface area contributed by atoms with Crippen LogP contribution < -0.4 is 5.32 Å². The van der Waals surface area contributed by atoms with Crippen LogP contribution in [0.1, 0.15) is 51.9 Å². The highest BCUT2D eigenvalue weighted by molar-refractivity contribution is 5.80. The van der Waals surface area contributed by atoms with Crippen LogP contribution in [0.2, 0.25) is 0 Å². The minimum atomic E-state index is 0.533. The van der Waals surface area contributed by atoms with Crippen LogP contribution in [0.3, 0.4) is 0 Å². The van der Waals surface area contributed by atoms with Crippen molar-refractivity contribution >= 4 is 5.96 Å². The zero-order valence-corrected chi connectivity index (χ0v) is 14.5. The number of likely N-dealkylation sites (tertiary alicyclic amines) is 1. The molecule has 4 atom stereocenters. The Morgan fingerprint density at radius 1 is 1.26 bits per heavy atom. The molecule has 4 unspecified atom stereocenters. The van der Waals surface area contributed by atoms with E-state index in [0.717, 1.165) is 50.4 Å². The van der Waals surface area contributed by atoms with Gasteiger partial charge in [0.2, 0.25) is 0 Å². The SMILES string of the molecule is CCNC(=NCCC1=CCCCC1)N1CC2C3CCC(O3)C2C1. The minimum absolute atomic E-state index is 0.533. The fourth-order valence-corrected chi connectivity index (χ4v) is 5.00. The first-order valence-electron chi connectivity index (χ1n) is 9.71. The van der Waals surface area contributed by atoms with Crippen molar-refractivity contribution in [2.24, 2.45) is 16.8 Å². The van der Waals surface area contributed by atoms with Crippen molar-refractivity contribution in [3.8, 4) is 0 Å². The van der Waals surface area contributed by atoms with Crippen LogP contribution >= 0.6 is 0 Å². The molecule has 0 saturated carbocycles. The van der Waals surface area contributed by atoms with Gasteiger partial charge < -0.3 is 15.0 Å². The average molecular weight is 317 g/mol. The molecule has 3 saturated heterocycles. The maximum atomic E-state index is 6.09. The molecule has 1 aliphatic carbocycles. The number of ether oxygens (including phenoxy) is 1. The van der Waals surface area contributed by atoms with Crippen molar-refractivity contribution in [3.05, 3.63) is 11.6 Å². The van der Waals surface area contributed by atoms with Gasteiger partial charge in [-0.3, -0.25) is 4.99 Å². The topological polar surface area (TPSA) is 36.9 Å². The average Bonchev–Trinajstić information content (AvgIpc) is 3.28.